The van der Waals surface area contributed by atoms with Crippen molar-refractivity contribution in [2.24, 2.45) is 0 Å². The van der Waals surface area contributed by atoms with Crippen molar-refractivity contribution in [1.82, 2.24) is 10.3 Å². The third-order valence-corrected chi connectivity index (χ3v) is 5.00. The molecule has 112 valence electrons. The molecular weight excluding hydrogens is 312 g/mol. The maximum Gasteiger partial charge on any atom is 0.347 e. The van der Waals surface area contributed by atoms with Gasteiger partial charge >= 0.3 is 5.97 Å². The van der Waals surface area contributed by atoms with E-state index >= 15 is 0 Å². The second kappa shape index (κ2) is 6.23. The number of hydrogen-bond donors (Lipinski definition) is 2. The second-order valence-corrected chi connectivity index (χ2v) is 6.26. The summed E-state index contributed by atoms with van der Waals surface area (Å²) in [6.07, 6.45) is 0. The molecule has 8 heteroatoms. The molecule has 2 rings (SSSR count). The van der Waals surface area contributed by atoms with Gasteiger partial charge in [0.15, 0.2) is 0 Å². The molecule has 0 aliphatic carbocycles. The normalized spacial score (nSPS) is 12.0. The molecule has 21 heavy (non-hydrogen) atoms. The number of ether oxygens (including phenoxy) is 1. The summed E-state index contributed by atoms with van der Waals surface area (Å²) >= 11 is 2.36. The number of hydrogen-bond acceptors (Lipinski definition) is 6. The Bertz CT molecular complexity index is 678. The van der Waals surface area contributed by atoms with Crippen molar-refractivity contribution in [3.05, 3.63) is 31.9 Å². The topological polar surface area (TPSA) is 88.5 Å². The number of methoxy groups -OCH3 is 1. The highest BCUT2D eigenvalue weighted by Crippen LogP contribution is 2.25. The Morgan fingerprint density at radius 3 is 2.71 bits per heavy atom. The van der Waals surface area contributed by atoms with Gasteiger partial charge in [0.1, 0.15) is 15.6 Å². The Hall–Kier alpha value is -1.93. The molecule has 1 amide bonds. The van der Waals surface area contributed by atoms with E-state index in [0.29, 0.717) is 21.3 Å². The Morgan fingerprint density at radius 2 is 2.19 bits per heavy atom. The number of nitrogens with zero attached hydrogens (tertiary/aromatic N) is 1. The highest BCUT2D eigenvalue weighted by atomic mass is 32.1. The SMILES string of the molecule is COc1csc(C(=O)NC(C)c2nc(C)c(C(=O)O)s2)c1. The van der Waals surface area contributed by atoms with E-state index < -0.39 is 5.97 Å². The Kier molecular flexibility index (Phi) is 4.59. The van der Waals surface area contributed by atoms with Crippen LogP contribution < -0.4 is 10.1 Å². The summed E-state index contributed by atoms with van der Waals surface area (Å²) < 4.78 is 5.03. The van der Waals surface area contributed by atoms with Gasteiger partial charge in [0.05, 0.1) is 23.7 Å². The van der Waals surface area contributed by atoms with Gasteiger partial charge in [-0.3, -0.25) is 4.79 Å². The standard InChI is InChI=1S/C13H14N2O4S2/c1-6-10(13(17)18)21-12(15-6)7(2)14-11(16)9-4-8(19-3)5-20-9/h4-5,7H,1-3H3,(H,14,16)(H,17,18). The molecular formula is C13H14N2O4S2. The predicted molar refractivity (Wildman–Crippen MR) is 80.6 cm³/mol. The number of thiophene rings is 1. The number of thiazole rings is 1. The van der Waals surface area contributed by atoms with Crippen LogP contribution in [0, 0.1) is 6.92 Å². The maximum atomic E-state index is 12.1. The summed E-state index contributed by atoms with van der Waals surface area (Å²) in [7, 11) is 1.54. The van der Waals surface area contributed by atoms with E-state index in [9.17, 15) is 9.59 Å². The molecule has 0 radical (unpaired) electrons. The van der Waals surface area contributed by atoms with Gasteiger partial charge in [-0.2, -0.15) is 0 Å². The zero-order chi connectivity index (χ0) is 15.6. The molecule has 0 fully saturated rings. The van der Waals surface area contributed by atoms with E-state index in [1.54, 1.807) is 25.3 Å². The smallest absolute Gasteiger partial charge is 0.347 e. The van der Waals surface area contributed by atoms with Crippen LogP contribution in [-0.4, -0.2) is 29.1 Å². The maximum absolute atomic E-state index is 12.1. The fraction of sp³-hybridized carbons (Fsp3) is 0.308. The van der Waals surface area contributed by atoms with Crippen molar-refractivity contribution < 1.29 is 19.4 Å². The molecule has 0 saturated heterocycles. The van der Waals surface area contributed by atoms with Crippen LogP contribution >= 0.6 is 22.7 Å². The van der Waals surface area contributed by atoms with Crippen LogP contribution in [0.25, 0.3) is 0 Å². The van der Waals surface area contributed by atoms with Gasteiger partial charge in [-0.15, -0.1) is 22.7 Å². The minimum Gasteiger partial charge on any atom is -0.496 e. The summed E-state index contributed by atoms with van der Waals surface area (Å²) in [5.41, 5.74) is 0.460. The first-order valence-corrected chi connectivity index (χ1v) is 7.76. The summed E-state index contributed by atoms with van der Waals surface area (Å²) in [6.45, 7) is 3.41. The lowest BCUT2D eigenvalue weighted by molar-refractivity contribution is 0.0701. The average molecular weight is 326 g/mol. The monoisotopic (exact) mass is 326 g/mol. The van der Waals surface area contributed by atoms with E-state index in [1.807, 2.05) is 0 Å². The third-order valence-electron chi connectivity index (χ3n) is 2.76. The minimum atomic E-state index is -1.00. The quantitative estimate of drug-likeness (QED) is 0.882. The van der Waals surface area contributed by atoms with Crippen LogP contribution in [0.15, 0.2) is 11.4 Å². The average Bonchev–Trinajstić information content (AvgIpc) is 3.04. The highest BCUT2D eigenvalue weighted by molar-refractivity contribution is 7.13. The first-order valence-electron chi connectivity index (χ1n) is 6.06. The third kappa shape index (κ3) is 3.40. The van der Waals surface area contributed by atoms with Gasteiger partial charge < -0.3 is 15.2 Å². The largest absolute Gasteiger partial charge is 0.496 e. The first-order chi connectivity index (χ1) is 9.92. The zero-order valence-electron chi connectivity index (χ0n) is 11.7. The van der Waals surface area contributed by atoms with Gasteiger partial charge in [-0.05, 0) is 13.8 Å². The molecule has 0 aromatic carbocycles. The van der Waals surface area contributed by atoms with Gasteiger partial charge in [0, 0.05) is 11.4 Å². The molecule has 6 nitrogen and oxygen atoms in total. The molecule has 0 saturated carbocycles. The van der Waals surface area contributed by atoms with E-state index in [1.165, 1.54) is 18.4 Å². The fourth-order valence-corrected chi connectivity index (χ4v) is 3.34. The van der Waals surface area contributed by atoms with Gasteiger partial charge in [0.25, 0.3) is 5.91 Å². The molecule has 0 spiro atoms. The number of aromatic carboxylic acids is 1. The number of carboxylic acid groups (broad SMARTS) is 1. The summed E-state index contributed by atoms with van der Waals surface area (Å²) in [4.78, 5) is 28.0. The lowest BCUT2D eigenvalue weighted by Gasteiger charge is -2.09. The number of carboxylic acids is 1. The number of rotatable bonds is 5. The van der Waals surface area contributed by atoms with Crippen LogP contribution in [0.3, 0.4) is 0 Å². The van der Waals surface area contributed by atoms with Crippen molar-refractivity contribution in [2.45, 2.75) is 19.9 Å². The lowest BCUT2D eigenvalue weighted by Crippen LogP contribution is -2.25. The number of carbonyl (C=O) groups excluding carboxylic acids is 1. The van der Waals surface area contributed by atoms with Crippen LogP contribution in [0.2, 0.25) is 0 Å². The Balaban J connectivity index is 2.10. The minimum absolute atomic E-state index is 0.198. The molecule has 2 heterocycles. The molecule has 2 N–H and O–H groups in total. The highest BCUT2D eigenvalue weighted by Gasteiger charge is 2.20. The fourth-order valence-electron chi connectivity index (χ4n) is 1.68. The summed E-state index contributed by atoms with van der Waals surface area (Å²) in [5, 5.41) is 14.1. The predicted octanol–water partition coefficient (Wildman–Crippen LogP) is 2.71. The van der Waals surface area contributed by atoms with Crippen molar-refractivity contribution in [1.29, 1.82) is 0 Å². The van der Waals surface area contributed by atoms with Crippen molar-refractivity contribution in [2.75, 3.05) is 7.11 Å². The molecule has 1 unspecified atom stereocenters. The molecule has 0 bridgehead atoms. The van der Waals surface area contributed by atoms with Crippen LogP contribution in [-0.2, 0) is 0 Å². The van der Waals surface area contributed by atoms with Crippen LogP contribution in [0.1, 0.15) is 43.0 Å². The van der Waals surface area contributed by atoms with Crippen molar-refractivity contribution in [3.63, 3.8) is 0 Å². The molecule has 1 atom stereocenters. The Labute approximate surface area is 129 Å². The zero-order valence-corrected chi connectivity index (χ0v) is 13.3. The molecule has 0 aliphatic rings. The van der Waals surface area contributed by atoms with Gasteiger partial charge in [0.2, 0.25) is 0 Å². The van der Waals surface area contributed by atoms with Gasteiger partial charge in [-0.25, -0.2) is 9.78 Å². The van der Waals surface area contributed by atoms with Gasteiger partial charge in [-0.1, -0.05) is 0 Å². The Morgan fingerprint density at radius 1 is 1.48 bits per heavy atom. The molecule has 0 aliphatic heterocycles. The van der Waals surface area contributed by atoms with Crippen LogP contribution in [0.4, 0.5) is 0 Å². The molecule has 2 aromatic rings. The van der Waals surface area contributed by atoms with Crippen molar-refractivity contribution in [3.8, 4) is 5.75 Å². The van der Waals surface area contributed by atoms with E-state index in [0.717, 1.165) is 11.3 Å². The number of aryl methyl sites for hydroxylation is 1. The molecule has 2 aromatic heterocycles. The van der Waals surface area contributed by atoms with Crippen molar-refractivity contribution >= 4 is 34.6 Å². The van der Waals surface area contributed by atoms with E-state index in [4.69, 9.17) is 9.84 Å². The number of amides is 1. The van der Waals surface area contributed by atoms with E-state index in [-0.39, 0.29) is 16.8 Å². The number of carbonyl (C=O) groups is 2. The second-order valence-electron chi connectivity index (χ2n) is 4.32. The number of nitrogens with one attached hydrogen (secondary N) is 1. The lowest BCUT2D eigenvalue weighted by atomic mass is 10.3. The van der Waals surface area contributed by atoms with Crippen LogP contribution in [0.5, 0.6) is 5.75 Å². The van der Waals surface area contributed by atoms with E-state index in [2.05, 4.69) is 10.3 Å². The summed E-state index contributed by atoms with van der Waals surface area (Å²) in [5.74, 6) is -0.602. The number of aromatic nitrogens is 1. The summed E-state index contributed by atoms with van der Waals surface area (Å²) in [6, 6.07) is 1.30. The first kappa shape index (κ1) is 15.5.